The number of hydrogen-bond donors (Lipinski definition) is 1. The number of carbonyl (C=O) groups excluding carboxylic acids is 1. The first-order valence-corrected chi connectivity index (χ1v) is 3.89. The van der Waals surface area contributed by atoms with E-state index in [4.69, 9.17) is 0 Å². The number of phenolic OH excluding ortho intramolecular Hbond substituents is 1. The highest BCUT2D eigenvalue weighted by Crippen LogP contribution is 2.37. The summed E-state index contributed by atoms with van der Waals surface area (Å²) in [4.78, 5) is 10.4. The summed E-state index contributed by atoms with van der Waals surface area (Å²) < 4.78 is 32.5. The monoisotopic (exact) mass is 218 g/mol. The number of alkyl halides is 2. The molecule has 0 bridgehead atoms. The van der Waals surface area contributed by atoms with Gasteiger partial charge in [-0.15, -0.1) is 0 Å². The predicted molar refractivity (Wildman–Crippen MR) is 46.7 cm³/mol. The minimum atomic E-state index is -3.08. The van der Waals surface area contributed by atoms with E-state index in [2.05, 4.69) is 9.47 Å². The van der Waals surface area contributed by atoms with E-state index in [9.17, 15) is 18.7 Å². The number of benzene rings is 1. The van der Waals surface area contributed by atoms with E-state index in [0.717, 1.165) is 6.07 Å². The number of carbonyl (C=O) groups is 1. The van der Waals surface area contributed by atoms with Gasteiger partial charge in [0.25, 0.3) is 0 Å². The van der Waals surface area contributed by atoms with E-state index < -0.39 is 18.1 Å². The van der Waals surface area contributed by atoms with E-state index in [-0.39, 0.29) is 11.3 Å². The van der Waals surface area contributed by atoms with Gasteiger partial charge >= 0.3 is 6.61 Å². The molecule has 0 fully saturated rings. The lowest BCUT2D eigenvalue weighted by molar-refractivity contribution is -0.0514. The first-order valence-electron chi connectivity index (χ1n) is 3.89. The summed E-state index contributed by atoms with van der Waals surface area (Å²) in [5.74, 6) is -1.16. The van der Waals surface area contributed by atoms with Gasteiger partial charge in [0.05, 0.1) is 7.11 Å². The molecule has 1 rings (SSSR count). The Morgan fingerprint density at radius 2 is 2.00 bits per heavy atom. The van der Waals surface area contributed by atoms with Crippen molar-refractivity contribution in [3.8, 4) is 17.2 Å². The van der Waals surface area contributed by atoms with Crippen molar-refractivity contribution in [1.29, 1.82) is 0 Å². The maximum Gasteiger partial charge on any atom is 0.387 e. The van der Waals surface area contributed by atoms with Gasteiger partial charge in [0.2, 0.25) is 5.75 Å². The van der Waals surface area contributed by atoms with Gasteiger partial charge in [-0.1, -0.05) is 0 Å². The molecular weight excluding hydrogens is 210 g/mol. The third-order valence-corrected chi connectivity index (χ3v) is 1.63. The SMILES string of the molecule is COc1cc(C=O)cc(OC(F)F)c1O. The van der Waals surface area contributed by atoms with Crippen LogP contribution in [-0.2, 0) is 0 Å². The van der Waals surface area contributed by atoms with E-state index >= 15 is 0 Å². The molecule has 15 heavy (non-hydrogen) atoms. The van der Waals surface area contributed by atoms with Gasteiger partial charge in [0, 0.05) is 5.56 Å². The highest BCUT2D eigenvalue weighted by Gasteiger charge is 2.15. The van der Waals surface area contributed by atoms with Crippen LogP contribution in [0.15, 0.2) is 12.1 Å². The summed E-state index contributed by atoms with van der Waals surface area (Å²) in [5, 5.41) is 9.36. The van der Waals surface area contributed by atoms with E-state index in [1.165, 1.54) is 13.2 Å². The van der Waals surface area contributed by atoms with Crippen LogP contribution in [-0.4, -0.2) is 25.1 Å². The Morgan fingerprint density at radius 1 is 1.40 bits per heavy atom. The maximum absolute atomic E-state index is 11.9. The Labute approximate surface area is 84.0 Å². The molecule has 0 heterocycles. The molecule has 0 aromatic heterocycles. The summed E-state index contributed by atoms with van der Waals surface area (Å²) in [7, 11) is 1.23. The molecule has 1 aromatic carbocycles. The molecule has 0 saturated carbocycles. The van der Waals surface area contributed by atoms with E-state index in [1.807, 2.05) is 0 Å². The Morgan fingerprint density at radius 3 is 2.47 bits per heavy atom. The second-order valence-corrected chi connectivity index (χ2v) is 2.57. The summed E-state index contributed by atoms with van der Waals surface area (Å²) >= 11 is 0. The van der Waals surface area contributed by atoms with Crippen molar-refractivity contribution in [3.05, 3.63) is 17.7 Å². The zero-order valence-corrected chi connectivity index (χ0v) is 7.74. The second kappa shape index (κ2) is 4.59. The molecule has 1 N–H and O–H groups in total. The normalized spacial score (nSPS) is 10.1. The minimum absolute atomic E-state index is 0.0697. The zero-order chi connectivity index (χ0) is 11.4. The topological polar surface area (TPSA) is 55.8 Å². The maximum atomic E-state index is 11.9. The van der Waals surface area contributed by atoms with Crippen LogP contribution in [0, 0.1) is 0 Å². The summed E-state index contributed by atoms with van der Waals surface area (Å²) in [6.45, 7) is -3.08. The van der Waals surface area contributed by atoms with Gasteiger partial charge in [0.15, 0.2) is 11.5 Å². The molecule has 0 atom stereocenters. The quantitative estimate of drug-likeness (QED) is 0.783. The largest absolute Gasteiger partial charge is 0.502 e. The molecule has 0 amide bonds. The molecular formula is C9H8F2O4. The Hall–Kier alpha value is -1.85. The summed E-state index contributed by atoms with van der Waals surface area (Å²) in [6, 6.07) is 2.21. The lowest BCUT2D eigenvalue weighted by Gasteiger charge is -2.10. The standard InChI is InChI=1S/C9H8F2O4/c1-14-6-2-5(4-12)3-7(8(6)13)15-9(10)11/h2-4,9,13H,1H3. The molecule has 1 aromatic rings. The van der Waals surface area contributed by atoms with Crippen LogP contribution in [0.1, 0.15) is 10.4 Å². The van der Waals surface area contributed by atoms with Crippen LogP contribution in [0.3, 0.4) is 0 Å². The number of rotatable bonds is 4. The van der Waals surface area contributed by atoms with Gasteiger partial charge in [-0.05, 0) is 12.1 Å². The lowest BCUT2D eigenvalue weighted by Crippen LogP contribution is -2.03. The van der Waals surface area contributed by atoms with Gasteiger partial charge in [-0.25, -0.2) is 0 Å². The van der Waals surface area contributed by atoms with Crippen molar-refractivity contribution >= 4 is 6.29 Å². The molecule has 0 unspecified atom stereocenters. The molecule has 82 valence electrons. The third-order valence-electron chi connectivity index (χ3n) is 1.63. The van der Waals surface area contributed by atoms with Gasteiger partial charge in [-0.2, -0.15) is 8.78 Å². The molecule has 6 heteroatoms. The number of halogens is 2. The Balaban J connectivity index is 3.17. The summed E-state index contributed by atoms with van der Waals surface area (Å²) in [5.41, 5.74) is 0.0697. The van der Waals surface area contributed by atoms with Crippen LogP contribution >= 0.6 is 0 Å². The fraction of sp³-hybridized carbons (Fsp3) is 0.222. The van der Waals surface area contributed by atoms with Crippen LogP contribution in [0.25, 0.3) is 0 Å². The zero-order valence-electron chi connectivity index (χ0n) is 7.74. The van der Waals surface area contributed by atoms with Crippen molar-refractivity contribution in [2.24, 2.45) is 0 Å². The molecule has 0 aliphatic rings. The lowest BCUT2D eigenvalue weighted by atomic mass is 10.2. The fourth-order valence-electron chi connectivity index (χ4n) is 1.01. The number of aldehydes is 1. The second-order valence-electron chi connectivity index (χ2n) is 2.57. The molecule has 0 aliphatic carbocycles. The third kappa shape index (κ3) is 2.55. The van der Waals surface area contributed by atoms with Gasteiger partial charge in [0.1, 0.15) is 6.29 Å². The molecule has 4 nitrogen and oxygen atoms in total. The molecule has 0 saturated heterocycles. The van der Waals surface area contributed by atoms with Crippen molar-refractivity contribution in [2.45, 2.75) is 6.61 Å². The van der Waals surface area contributed by atoms with Crippen molar-refractivity contribution in [2.75, 3.05) is 7.11 Å². The average Bonchev–Trinajstić information content (AvgIpc) is 2.20. The van der Waals surface area contributed by atoms with E-state index in [0.29, 0.717) is 6.29 Å². The van der Waals surface area contributed by atoms with Crippen LogP contribution < -0.4 is 9.47 Å². The predicted octanol–water partition coefficient (Wildman–Crippen LogP) is 1.81. The van der Waals surface area contributed by atoms with Crippen molar-refractivity contribution in [1.82, 2.24) is 0 Å². The van der Waals surface area contributed by atoms with Crippen molar-refractivity contribution in [3.63, 3.8) is 0 Å². The fourth-order valence-corrected chi connectivity index (χ4v) is 1.01. The highest BCUT2D eigenvalue weighted by atomic mass is 19.3. The van der Waals surface area contributed by atoms with Crippen molar-refractivity contribution < 1.29 is 28.2 Å². The minimum Gasteiger partial charge on any atom is -0.502 e. The highest BCUT2D eigenvalue weighted by molar-refractivity contribution is 5.78. The first kappa shape index (κ1) is 11.2. The number of aromatic hydroxyl groups is 1. The van der Waals surface area contributed by atoms with Gasteiger partial charge in [-0.3, -0.25) is 4.79 Å². The van der Waals surface area contributed by atoms with E-state index in [1.54, 1.807) is 0 Å². The number of phenols is 1. The van der Waals surface area contributed by atoms with Crippen LogP contribution in [0.2, 0.25) is 0 Å². The molecule has 0 spiro atoms. The smallest absolute Gasteiger partial charge is 0.387 e. The number of hydrogen-bond acceptors (Lipinski definition) is 4. The van der Waals surface area contributed by atoms with Gasteiger partial charge < -0.3 is 14.6 Å². The number of ether oxygens (including phenoxy) is 2. The Kier molecular flexibility index (Phi) is 3.43. The number of methoxy groups -OCH3 is 1. The first-order chi connectivity index (χ1) is 7.08. The average molecular weight is 218 g/mol. The van der Waals surface area contributed by atoms with Crippen LogP contribution in [0.4, 0.5) is 8.78 Å². The molecule has 0 aliphatic heterocycles. The molecule has 0 radical (unpaired) electrons. The summed E-state index contributed by atoms with van der Waals surface area (Å²) in [6.07, 6.45) is 0.431. The Bertz CT molecular complexity index is 365. The van der Waals surface area contributed by atoms with Crippen LogP contribution in [0.5, 0.6) is 17.2 Å².